The van der Waals surface area contributed by atoms with Crippen molar-refractivity contribution in [3.63, 3.8) is 0 Å². The van der Waals surface area contributed by atoms with Crippen LogP contribution in [0.25, 0.3) is 66.1 Å². The minimum Gasteiger partial charge on any atom is -0.456 e. The van der Waals surface area contributed by atoms with E-state index < -0.39 is 0 Å². The van der Waals surface area contributed by atoms with Gasteiger partial charge in [-0.15, -0.1) is 0 Å². The predicted octanol–water partition coefficient (Wildman–Crippen LogP) is 13.2. The number of rotatable bonds is 6. The maximum atomic E-state index is 6.42. The van der Waals surface area contributed by atoms with Crippen molar-refractivity contribution in [2.75, 3.05) is 4.90 Å². The standard InChI is InChI=1S/C46H31NO/c1-4-14-33(15-5-1)41-31-45-46(40-21-11-13-23-44(40)48-45)42-30-35(28-29-39(41)42)32-24-26-34(27-25-32)38-20-10-12-22-43(38)47(36-16-6-2-7-17-36)37-18-8-3-9-19-37/h1-31H. The number of hydrogen-bond donors (Lipinski definition) is 0. The van der Waals surface area contributed by atoms with E-state index >= 15 is 0 Å². The Morgan fingerprint density at radius 2 is 0.896 bits per heavy atom. The molecule has 2 heteroatoms. The van der Waals surface area contributed by atoms with Gasteiger partial charge in [0.1, 0.15) is 11.2 Å². The normalized spacial score (nSPS) is 11.3. The fourth-order valence-corrected chi connectivity index (χ4v) is 7.01. The molecule has 0 saturated heterocycles. The summed E-state index contributed by atoms with van der Waals surface area (Å²) in [4.78, 5) is 2.33. The van der Waals surface area contributed by atoms with Crippen LogP contribution in [0.5, 0.6) is 0 Å². The van der Waals surface area contributed by atoms with Crippen molar-refractivity contribution in [2.45, 2.75) is 0 Å². The van der Waals surface area contributed by atoms with E-state index in [9.17, 15) is 0 Å². The minimum atomic E-state index is 0.910. The van der Waals surface area contributed by atoms with Gasteiger partial charge in [0, 0.05) is 27.7 Å². The minimum absolute atomic E-state index is 0.910. The first-order valence-electron chi connectivity index (χ1n) is 16.4. The average molecular weight is 614 g/mol. The number of furan rings is 1. The number of anilines is 3. The van der Waals surface area contributed by atoms with Crippen LogP contribution in [0.1, 0.15) is 0 Å². The molecule has 0 fully saturated rings. The lowest BCUT2D eigenvalue weighted by atomic mass is 9.92. The number of hydrogen-bond acceptors (Lipinski definition) is 2. The number of nitrogens with zero attached hydrogens (tertiary/aromatic N) is 1. The van der Waals surface area contributed by atoms with Crippen molar-refractivity contribution < 1.29 is 4.42 Å². The second-order valence-electron chi connectivity index (χ2n) is 12.1. The highest BCUT2D eigenvalue weighted by atomic mass is 16.3. The topological polar surface area (TPSA) is 16.4 Å². The van der Waals surface area contributed by atoms with Crippen LogP contribution in [0.4, 0.5) is 17.1 Å². The van der Waals surface area contributed by atoms with Crippen LogP contribution in [-0.2, 0) is 0 Å². The van der Waals surface area contributed by atoms with Crippen LogP contribution in [0.3, 0.4) is 0 Å². The number of fused-ring (bicyclic) bond motifs is 5. The second-order valence-corrected chi connectivity index (χ2v) is 12.1. The van der Waals surface area contributed by atoms with Crippen molar-refractivity contribution in [3.8, 4) is 33.4 Å². The molecular formula is C46H31NO. The molecule has 0 aliphatic carbocycles. The first-order chi connectivity index (χ1) is 23.8. The molecule has 0 saturated carbocycles. The summed E-state index contributed by atoms with van der Waals surface area (Å²) in [6.45, 7) is 0. The zero-order chi connectivity index (χ0) is 31.9. The van der Waals surface area contributed by atoms with Crippen LogP contribution in [0, 0.1) is 0 Å². The molecule has 0 aliphatic heterocycles. The molecule has 2 nitrogen and oxygen atoms in total. The Balaban J connectivity index is 1.17. The zero-order valence-electron chi connectivity index (χ0n) is 26.3. The molecule has 0 amide bonds. The lowest BCUT2D eigenvalue weighted by Gasteiger charge is -2.27. The van der Waals surface area contributed by atoms with Crippen LogP contribution < -0.4 is 4.90 Å². The molecule has 0 radical (unpaired) electrons. The molecule has 1 heterocycles. The lowest BCUT2D eigenvalue weighted by molar-refractivity contribution is 0.669. The van der Waals surface area contributed by atoms with E-state index in [0.29, 0.717) is 0 Å². The van der Waals surface area contributed by atoms with Crippen LogP contribution in [0.15, 0.2) is 192 Å². The van der Waals surface area contributed by atoms with Crippen molar-refractivity contribution in [1.29, 1.82) is 0 Å². The van der Waals surface area contributed by atoms with E-state index in [0.717, 1.165) is 39.0 Å². The molecule has 8 aromatic carbocycles. The SMILES string of the molecule is c1ccc(-c2cc3oc4ccccc4c3c3cc(-c4ccc(-c5ccccc5N(c5ccccc5)c5ccccc5)cc4)ccc23)cc1. The fourth-order valence-electron chi connectivity index (χ4n) is 7.01. The molecule has 1 aromatic heterocycles. The Kier molecular flexibility index (Phi) is 6.84. The van der Waals surface area contributed by atoms with E-state index in [1.165, 1.54) is 44.2 Å². The highest BCUT2D eigenvalue weighted by molar-refractivity contribution is 6.22. The smallest absolute Gasteiger partial charge is 0.136 e. The van der Waals surface area contributed by atoms with Crippen molar-refractivity contribution in [1.82, 2.24) is 0 Å². The van der Waals surface area contributed by atoms with Crippen molar-refractivity contribution in [3.05, 3.63) is 188 Å². The Bertz CT molecular complexity index is 2490. The van der Waals surface area contributed by atoms with Gasteiger partial charge in [-0.1, -0.05) is 140 Å². The quantitative estimate of drug-likeness (QED) is 0.185. The summed E-state index contributed by atoms with van der Waals surface area (Å²) in [6.07, 6.45) is 0. The van der Waals surface area contributed by atoms with E-state index in [1.807, 2.05) is 6.07 Å². The second kappa shape index (κ2) is 11.8. The molecule has 9 aromatic rings. The van der Waals surface area contributed by atoms with Gasteiger partial charge in [0.25, 0.3) is 0 Å². The van der Waals surface area contributed by atoms with Crippen LogP contribution in [-0.4, -0.2) is 0 Å². The van der Waals surface area contributed by atoms with E-state index in [1.54, 1.807) is 0 Å². The largest absolute Gasteiger partial charge is 0.456 e. The van der Waals surface area contributed by atoms with E-state index in [4.69, 9.17) is 4.42 Å². The lowest BCUT2D eigenvalue weighted by Crippen LogP contribution is -2.10. The third-order valence-corrected chi connectivity index (χ3v) is 9.26. The summed E-state index contributed by atoms with van der Waals surface area (Å²) in [5, 5.41) is 4.72. The Morgan fingerprint density at radius 3 is 1.62 bits per heavy atom. The summed E-state index contributed by atoms with van der Waals surface area (Å²) in [6, 6.07) is 66.8. The predicted molar refractivity (Wildman–Crippen MR) is 202 cm³/mol. The number of para-hydroxylation sites is 4. The molecule has 0 aliphatic rings. The van der Waals surface area contributed by atoms with E-state index in [2.05, 4.69) is 187 Å². The van der Waals surface area contributed by atoms with Gasteiger partial charge < -0.3 is 9.32 Å². The van der Waals surface area contributed by atoms with Gasteiger partial charge in [-0.3, -0.25) is 0 Å². The van der Waals surface area contributed by atoms with Gasteiger partial charge in [0.2, 0.25) is 0 Å². The van der Waals surface area contributed by atoms with Gasteiger partial charge in [0.15, 0.2) is 0 Å². The Hall–Kier alpha value is -6.38. The molecule has 48 heavy (non-hydrogen) atoms. The summed E-state index contributed by atoms with van der Waals surface area (Å²) in [5.41, 5.74) is 12.3. The molecule has 226 valence electrons. The summed E-state index contributed by atoms with van der Waals surface area (Å²) >= 11 is 0. The van der Waals surface area contributed by atoms with Crippen molar-refractivity contribution in [2.24, 2.45) is 0 Å². The highest BCUT2D eigenvalue weighted by Crippen LogP contribution is 2.43. The van der Waals surface area contributed by atoms with Gasteiger partial charge in [-0.25, -0.2) is 0 Å². The third-order valence-electron chi connectivity index (χ3n) is 9.26. The van der Waals surface area contributed by atoms with Gasteiger partial charge >= 0.3 is 0 Å². The molecular weight excluding hydrogens is 583 g/mol. The zero-order valence-corrected chi connectivity index (χ0v) is 26.3. The maximum absolute atomic E-state index is 6.42. The van der Waals surface area contributed by atoms with Crippen LogP contribution >= 0.6 is 0 Å². The van der Waals surface area contributed by atoms with Crippen molar-refractivity contribution >= 4 is 49.8 Å². The fraction of sp³-hybridized carbons (Fsp3) is 0. The summed E-state index contributed by atoms with van der Waals surface area (Å²) in [5.74, 6) is 0. The molecule has 0 atom stereocenters. The number of benzene rings is 8. The molecule has 9 rings (SSSR count). The maximum Gasteiger partial charge on any atom is 0.136 e. The average Bonchev–Trinajstić information content (AvgIpc) is 3.55. The highest BCUT2D eigenvalue weighted by Gasteiger charge is 2.18. The van der Waals surface area contributed by atoms with Gasteiger partial charge in [0.05, 0.1) is 5.69 Å². The van der Waals surface area contributed by atoms with Gasteiger partial charge in [-0.05, 0) is 87.1 Å². The Labute approximate surface area is 279 Å². The Morgan fingerprint density at radius 1 is 0.333 bits per heavy atom. The molecule has 0 unspecified atom stereocenters. The first-order valence-corrected chi connectivity index (χ1v) is 16.4. The van der Waals surface area contributed by atoms with Crippen LogP contribution in [0.2, 0.25) is 0 Å². The summed E-state index contributed by atoms with van der Waals surface area (Å²) < 4.78 is 6.42. The summed E-state index contributed by atoms with van der Waals surface area (Å²) in [7, 11) is 0. The molecule has 0 N–H and O–H groups in total. The molecule has 0 bridgehead atoms. The monoisotopic (exact) mass is 613 g/mol. The van der Waals surface area contributed by atoms with E-state index in [-0.39, 0.29) is 0 Å². The molecule has 0 spiro atoms. The van der Waals surface area contributed by atoms with Gasteiger partial charge in [-0.2, -0.15) is 0 Å². The first kappa shape index (κ1) is 27.9. The third kappa shape index (κ3) is 4.83.